The van der Waals surface area contributed by atoms with E-state index in [1.165, 1.54) is 6.07 Å². The SMILES string of the molecule is CSc1ccc(-c2[nH]c3c(C)ccc(F)c3c2C=O)cc1. The van der Waals surface area contributed by atoms with Crippen LogP contribution >= 0.6 is 11.8 Å². The van der Waals surface area contributed by atoms with E-state index in [1.807, 2.05) is 37.4 Å². The third-order valence-corrected chi connectivity index (χ3v) is 4.39. The highest BCUT2D eigenvalue weighted by atomic mass is 32.2. The zero-order valence-electron chi connectivity index (χ0n) is 11.7. The molecule has 0 atom stereocenters. The quantitative estimate of drug-likeness (QED) is 0.555. The first-order valence-electron chi connectivity index (χ1n) is 6.56. The topological polar surface area (TPSA) is 32.9 Å². The Balaban J connectivity index is 2.29. The van der Waals surface area contributed by atoms with Gasteiger partial charge in [0.2, 0.25) is 0 Å². The number of benzene rings is 2. The van der Waals surface area contributed by atoms with E-state index >= 15 is 0 Å². The number of fused-ring (bicyclic) bond motifs is 1. The van der Waals surface area contributed by atoms with Gasteiger partial charge in [-0.05, 0) is 42.5 Å². The van der Waals surface area contributed by atoms with Crippen molar-refractivity contribution >= 4 is 29.0 Å². The summed E-state index contributed by atoms with van der Waals surface area (Å²) in [5, 5.41) is 0.369. The molecule has 2 aromatic carbocycles. The molecule has 0 fully saturated rings. The summed E-state index contributed by atoms with van der Waals surface area (Å²) in [5.74, 6) is -0.374. The van der Waals surface area contributed by atoms with Crippen molar-refractivity contribution in [1.82, 2.24) is 4.98 Å². The average molecular weight is 299 g/mol. The van der Waals surface area contributed by atoms with Crippen molar-refractivity contribution in [3.63, 3.8) is 0 Å². The van der Waals surface area contributed by atoms with E-state index in [0.29, 0.717) is 22.2 Å². The first-order chi connectivity index (χ1) is 10.2. The zero-order valence-corrected chi connectivity index (χ0v) is 12.6. The number of hydrogen-bond donors (Lipinski definition) is 1. The van der Waals surface area contributed by atoms with Gasteiger partial charge < -0.3 is 4.98 Å². The number of hydrogen-bond acceptors (Lipinski definition) is 2. The largest absolute Gasteiger partial charge is 0.354 e. The van der Waals surface area contributed by atoms with Crippen LogP contribution in [0.2, 0.25) is 0 Å². The summed E-state index contributed by atoms with van der Waals surface area (Å²) in [6.07, 6.45) is 2.73. The van der Waals surface area contributed by atoms with E-state index in [9.17, 15) is 9.18 Å². The van der Waals surface area contributed by atoms with Gasteiger partial charge in [-0.2, -0.15) is 0 Å². The number of H-pyrrole nitrogens is 1. The number of carbonyl (C=O) groups excluding carboxylic acids is 1. The lowest BCUT2D eigenvalue weighted by Gasteiger charge is -2.01. The van der Waals surface area contributed by atoms with Crippen molar-refractivity contribution in [2.45, 2.75) is 11.8 Å². The minimum Gasteiger partial charge on any atom is -0.354 e. The van der Waals surface area contributed by atoms with Crippen molar-refractivity contribution in [3.05, 3.63) is 53.3 Å². The molecule has 3 aromatic rings. The maximum Gasteiger partial charge on any atom is 0.152 e. The van der Waals surface area contributed by atoms with E-state index < -0.39 is 0 Å². The van der Waals surface area contributed by atoms with Gasteiger partial charge in [-0.1, -0.05) is 18.2 Å². The minimum atomic E-state index is -0.374. The third-order valence-electron chi connectivity index (χ3n) is 3.65. The summed E-state index contributed by atoms with van der Waals surface area (Å²) in [6.45, 7) is 1.90. The lowest BCUT2D eigenvalue weighted by atomic mass is 10.0. The van der Waals surface area contributed by atoms with Gasteiger partial charge in [-0.25, -0.2) is 4.39 Å². The molecule has 106 valence electrons. The average Bonchev–Trinajstić information content (AvgIpc) is 2.92. The van der Waals surface area contributed by atoms with E-state index in [2.05, 4.69) is 4.98 Å². The van der Waals surface area contributed by atoms with Gasteiger partial charge in [-0.15, -0.1) is 11.8 Å². The number of aromatic amines is 1. The fourth-order valence-electron chi connectivity index (χ4n) is 2.53. The first kappa shape index (κ1) is 13.9. The predicted molar refractivity (Wildman–Crippen MR) is 85.6 cm³/mol. The van der Waals surface area contributed by atoms with E-state index in [0.717, 1.165) is 22.3 Å². The standard InChI is InChI=1S/C17H14FNOS/c1-10-3-8-14(18)15-13(9-20)17(19-16(10)15)11-4-6-12(21-2)7-5-11/h3-9,19H,1-2H3. The fourth-order valence-corrected chi connectivity index (χ4v) is 2.93. The fraction of sp³-hybridized carbons (Fsp3) is 0.118. The van der Waals surface area contributed by atoms with Gasteiger partial charge in [0, 0.05) is 10.3 Å². The highest BCUT2D eigenvalue weighted by Gasteiger charge is 2.17. The summed E-state index contributed by atoms with van der Waals surface area (Å²) in [6, 6.07) is 11.0. The highest BCUT2D eigenvalue weighted by molar-refractivity contribution is 7.98. The molecule has 0 radical (unpaired) electrons. The summed E-state index contributed by atoms with van der Waals surface area (Å²) < 4.78 is 14.1. The van der Waals surface area contributed by atoms with Gasteiger partial charge in [0.1, 0.15) is 5.82 Å². The van der Waals surface area contributed by atoms with Crippen LogP contribution in [-0.2, 0) is 0 Å². The molecule has 0 aliphatic carbocycles. The normalized spacial score (nSPS) is 11.0. The number of nitrogens with one attached hydrogen (secondary N) is 1. The van der Waals surface area contributed by atoms with Crippen LogP contribution < -0.4 is 0 Å². The van der Waals surface area contributed by atoms with Gasteiger partial charge in [0.05, 0.1) is 16.8 Å². The minimum absolute atomic E-state index is 0.369. The molecule has 0 aliphatic heterocycles. The van der Waals surface area contributed by atoms with E-state index in [4.69, 9.17) is 0 Å². The molecule has 1 N–H and O–H groups in total. The number of rotatable bonds is 3. The number of halogens is 1. The number of carbonyl (C=O) groups is 1. The number of aryl methyl sites for hydroxylation is 1. The van der Waals surface area contributed by atoms with Crippen molar-refractivity contribution in [2.75, 3.05) is 6.26 Å². The van der Waals surface area contributed by atoms with Crippen molar-refractivity contribution in [1.29, 1.82) is 0 Å². The summed E-state index contributed by atoms with van der Waals surface area (Å²) in [7, 11) is 0. The van der Waals surface area contributed by atoms with Gasteiger partial charge in [0.15, 0.2) is 6.29 Å². The second-order valence-corrected chi connectivity index (χ2v) is 5.75. The molecule has 0 aliphatic rings. The molecule has 0 unspecified atom stereocenters. The van der Waals surface area contributed by atoms with Crippen LogP contribution in [0.25, 0.3) is 22.2 Å². The van der Waals surface area contributed by atoms with E-state index in [-0.39, 0.29) is 5.82 Å². The zero-order chi connectivity index (χ0) is 15.0. The molecule has 0 spiro atoms. The Morgan fingerprint density at radius 2 is 1.86 bits per heavy atom. The van der Waals surface area contributed by atoms with Gasteiger partial charge >= 0.3 is 0 Å². The predicted octanol–water partition coefficient (Wildman–Crippen LogP) is 4.82. The number of aldehydes is 1. The van der Waals surface area contributed by atoms with Crippen LogP contribution in [0.15, 0.2) is 41.3 Å². The van der Waals surface area contributed by atoms with Crippen LogP contribution in [0.1, 0.15) is 15.9 Å². The highest BCUT2D eigenvalue weighted by Crippen LogP contribution is 2.33. The van der Waals surface area contributed by atoms with Crippen LogP contribution in [0.5, 0.6) is 0 Å². The van der Waals surface area contributed by atoms with Crippen molar-refractivity contribution < 1.29 is 9.18 Å². The maximum absolute atomic E-state index is 14.1. The third kappa shape index (κ3) is 2.25. The second kappa shape index (κ2) is 5.37. The van der Waals surface area contributed by atoms with Crippen LogP contribution in [-0.4, -0.2) is 17.5 Å². The molecular formula is C17H14FNOS. The number of aromatic nitrogens is 1. The van der Waals surface area contributed by atoms with Crippen LogP contribution in [0.3, 0.4) is 0 Å². The Kier molecular flexibility index (Phi) is 3.55. The summed E-state index contributed by atoms with van der Waals surface area (Å²) in [5.41, 5.74) is 3.52. The molecule has 2 nitrogen and oxygen atoms in total. The maximum atomic E-state index is 14.1. The summed E-state index contributed by atoms with van der Waals surface area (Å²) >= 11 is 1.65. The molecule has 3 rings (SSSR count). The van der Waals surface area contributed by atoms with E-state index in [1.54, 1.807) is 17.8 Å². The molecule has 0 saturated heterocycles. The molecule has 0 bridgehead atoms. The van der Waals surface area contributed by atoms with Gasteiger partial charge in [0.25, 0.3) is 0 Å². The molecule has 21 heavy (non-hydrogen) atoms. The second-order valence-electron chi connectivity index (χ2n) is 4.87. The Bertz CT molecular complexity index is 821. The smallest absolute Gasteiger partial charge is 0.152 e. The Morgan fingerprint density at radius 3 is 2.48 bits per heavy atom. The lowest BCUT2D eigenvalue weighted by Crippen LogP contribution is -1.86. The molecule has 0 saturated carbocycles. The molecular weight excluding hydrogens is 285 g/mol. The molecule has 4 heteroatoms. The Hall–Kier alpha value is -2.07. The molecule has 1 aromatic heterocycles. The van der Waals surface area contributed by atoms with Crippen LogP contribution in [0, 0.1) is 12.7 Å². The van der Waals surface area contributed by atoms with Gasteiger partial charge in [-0.3, -0.25) is 4.79 Å². The monoisotopic (exact) mass is 299 g/mol. The molecule has 1 heterocycles. The summed E-state index contributed by atoms with van der Waals surface area (Å²) in [4.78, 5) is 15.8. The van der Waals surface area contributed by atoms with Crippen molar-refractivity contribution in [3.8, 4) is 11.3 Å². The Labute approximate surface area is 126 Å². The van der Waals surface area contributed by atoms with Crippen molar-refractivity contribution in [2.24, 2.45) is 0 Å². The Morgan fingerprint density at radius 1 is 1.14 bits per heavy atom. The van der Waals surface area contributed by atoms with Crippen LogP contribution in [0.4, 0.5) is 4.39 Å². The first-order valence-corrected chi connectivity index (χ1v) is 7.78. The lowest BCUT2D eigenvalue weighted by molar-refractivity contribution is 0.112. The number of thioether (sulfide) groups is 1. The molecule has 0 amide bonds.